The Hall–Kier alpha value is -0.680. The molecule has 1 amide bonds. The maximum atomic E-state index is 11.8. The van der Waals surface area contributed by atoms with E-state index in [1.807, 2.05) is 0 Å². The van der Waals surface area contributed by atoms with Crippen molar-refractivity contribution >= 4 is 58.0 Å². The van der Waals surface area contributed by atoms with Crippen LogP contribution in [0, 0.1) is 0 Å². The van der Waals surface area contributed by atoms with Crippen molar-refractivity contribution in [2.45, 2.75) is 13.0 Å². The van der Waals surface area contributed by atoms with Crippen LogP contribution in [0.4, 0.5) is 0 Å². The Morgan fingerprint density at radius 2 is 2.00 bits per heavy atom. The van der Waals surface area contributed by atoms with Crippen molar-refractivity contribution in [3.8, 4) is 5.75 Å². The third-order valence-corrected chi connectivity index (χ3v) is 3.35. The van der Waals surface area contributed by atoms with Gasteiger partial charge in [0, 0.05) is 5.02 Å². The Morgan fingerprint density at radius 3 is 2.55 bits per heavy atom. The lowest BCUT2D eigenvalue weighted by Gasteiger charge is -2.14. The van der Waals surface area contributed by atoms with Crippen molar-refractivity contribution in [1.29, 1.82) is 0 Å². The molecule has 20 heavy (non-hydrogen) atoms. The van der Waals surface area contributed by atoms with Crippen LogP contribution < -0.4 is 10.2 Å². The highest BCUT2D eigenvalue weighted by Crippen LogP contribution is 2.28. The Bertz CT molecular complexity index is 502. The van der Waals surface area contributed by atoms with Crippen LogP contribution >= 0.6 is 46.4 Å². The third-order valence-electron chi connectivity index (χ3n) is 2.20. The van der Waals surface area contributed by atoms with Crippen LogP contribution in [0.25, 0.3) is 0 Å². The van der Waals surface area contributed by atoms with E-state index < -0.39 is 12.0 Å². The lowest BCUT2D eigenvalue weighted by atomic mass is 10.3. The molecule has 8 heteroatoms. The van der Waals surface area contributed by atoms with Crippen molar-refractivity contribution in [3.05, 3.63) is 28.2 Å². The van der Waals surface area contributed by atoms with Gasteiger partial charge in [-0.05, 0) is 25.1 Å². The van der Waals surface area contributed by atoms with E-state index in [9.17, 15) is 4.79 Å². The maximum Gasteiger partial charge on any atom is 0.280 e. The second kappa shape index (κ2) is 8.57. The molecule has 0 fully saturated rings. The van der Waals surface area contributed by atoms with Gasteiger partial charge in [-0.2, -0.15) is 5.10 Å². The monoisotopic (exact) mass is 356 g/mol. The molecule has 1 aromatic rings. The average molecular weight is 358 g/mol. The van der Waals surface area contributed by atoms with E-state index in [-0.39, 0.29) is 11.8 Å². The molecule has 0 heterocycles. The molecule has 110 valence electrons. The second-order valence-corrected chi connectivity index (χ2v) is 5.13. The minimum absolute atomic E-state index is 0.141. The fourth-order valence-electron chi connectivity index (χ4n) is 1.14. The molecule has 1 rings (SSSR count). The minimum Gasteiger partial charge on any atom is -0.479 e. The first-order valence-electron chi connectivity index (χ1n) is 5.56. The lowest BCUT2D eigenvalue weighted by Crippen LogP contribution is -2.34. The smallest absolute Gasteiger partial charge is 0.280 e. The fourth-order valence-corrected chi connectivity index (χ4v) is 1.99. The van der Waals surface area contributed by atoms with Crippen LogP contribution in [0.2, 0.25) is 10.0 Å². The first kappa shape index (κ1) is 17.4. The van der Waals surface area contributed by atoms with Gasteiger partial charge in [0.15, 0.2) is 6.10 Å². The van der Waals surface area contributed by atoms with E-state index in [0.29, 0.717) is 21.5 Å². The Balaban J connectivity index is 2.64. The predicted octanol–water partition coefficient (Wildman–Crippen LogP) is 3.71. The fraction of sp³-hybridized carbons (Fsp3) is 0.333. The molecule has 1 aromatic carbocycles. The molecule has 0 aromatic heterocycles. The topological polar surface area (TPSA) is 50.7 Å². The quantitative estimate of drug-likeness (QED) is 0.479. The molecule has 0 spiro atoms. The average Bonchev–Trinajstić information content (AvgIpc) is 2.42. The number of carbonyl (C=O) groups is 1. The summed E-state index contributed by atoms with van der Waals surface area (Å²) in [7, 11) is 0. The van der Waals surface area contributed by atoms with Gasteiger partial charge in [0.25, 0.3) is 5.91 Å². The summed E-state index contributed by atoms with van der Waals surface area (Å²) in [6.07, 6.45) is -0.788. The molecule has 0 bridgehead atoms. The molecule has 0 saturated heterocycles. The number of alkyl halides is 2. The number of hydrogen-bond acceptors (Lipinski definition) is 3. The van der Waals surface area contributed by atoms with Crippen molar-refractivity contribution in [2.75, 3.05) is 11.8 Å². The van der Waals surface area contributed by atoms with Crippen LogP contribution in [0.5, 0.6) is 5.75 Å². The Morgan fingerprint density at radius 1 is 1.35 bits per heavy atom. The summed E-state index contributed by atoms with van der Waals surface area (Å²) in [4.78, 5) is 11.8. The van der Waals surface area contributed by atoms with E-state index in [1.54, 1.807) is 19.1 Å². The summed E-state index contributed by atoms with van der Waals surface area (Å²) in [6, 6.07) is 4.73. The summed E-state index contributed by atoms with van der Waals surface area (Å²) in [5.74, 6) is 0.200. The lowest BCUT2D eigenvalue weighted by molar-refractivity contribution is -0.127. The zero-order valence-electron chi connectivity index (χ0n) is 10.5. The second-order valence-electron chi connectivity index (χ2n) is 3.76. The molecule has 1 atom stereocenters. The summed E-state index contributed by atoms with van der Waals surface area (Å²) in [5, 5.41) is 4.59. The van der Waals surface area contributed by atoms with E-state index >= 15 is 0 Å². The van der Waals surface area contributed by atoms with E-state index in [4.69, 9.17) is 51.1 Å². The van der Waals surface area contributed by atoms with Crippen molar-refractivity contribution in [2.24, 2.45) is 5.10 Å². The molecule has 0 aliphatic heterocycles. The zero-order valence-corrected chi connectivity index (χ0v) is 13.5. The molecule has 0 unspecified atom stereocenters. The van der Waals surface area contributed by atoms with Gasteiger partial charge in [0.05, 0.1) is 22.5 Å². The van der Waals surface area contributed by atoms with Gasteiger partial charge in [-0.25, -0.2) is 5.43 Å². The minimum atomic E-state index is -0.788. The van der Waals surface area contributed by atoms with E-state index in [0.717, 1.165) is 0 Å². The number of nitrogens with zero attached hydrogens (tertiary/aromatic N) is 1. The van der Waals surface area contributed by atoms with Gasteiger partial charge in [0.2, 0.25) is 0 Å². The van der Waals surface area contributed by atoms with Gasteiger partial charge >= 0.3 is 0 Å². The highest BCUT2D eigenvalue weighted by molar-refractivity contribution is 6.37. The number of rotatable bonds is 6. The summed E-state index contributed by atoms with van der Waals surface area (Å²) < 4.78 is 5.42. The number of hydrazone groups is 1. The highest BCUT2D eigenvalue weighted by atomic mass is 35.5. The van der Waals surface area contributed by atoms with Crippen LogP contribution in [0.15, 0.2) is 23.3 Å². The van der Waals surface area contributed by atoms with Gasteiger partial charge in [-0.3, -0.25) is 4.79 Å². The highest BCUT2D eigenvalue weighted by Gasteiger charge is 2.16. The van der Waals surface area contributed by atoms with Crippen molar-refractivity contribution < 1.29 is 9.53 Å². The molecule has 0 aliphatic rings. The van der Waals surface area contributed by atoms with Gasteiger partial charge in [-0.1, -0.05) is 23.2 Å². The van der Waals surface area contributed by atoms with Crippen molar-refractivity contribution in [1.82, 2.24) is 5.43 Å². The number of halogens is 4. The SMILES string of the molecule is C[C@H](Oc1ccc(Cl)cc1Cl)C(=O)NN=C(CCl)CCl. The Labute approximate surface area is 137 Å². The largest absolute Gasteiger partial charge is 0.479 e. The number of ether oxygens (including phenoxy) is 1. The number of hydrogen-bond donors (Lipinski definition) is 1. The standard InChI is InChI=1S/C12H12Cl4N2O2/c1-7(12(19)18-17-9(5-13)6-14)20-11-3-2-8(15)4-10(11)16/h2-4,7H,5-6H2,1H3,(H,18,19)/t7-/m0/s1. The van der Waals surface area contributed by atoms with Crippen LogP contribution in [-0.4, -0.2) is 29.5 Å². The van der Waals surface area contributed by atoms with Gasteiger partial charge < -0.3 is 4.74 Å². The molecule has 0 saturated carbocycles. The zero-order chi connectivity index (χ0) is 15.1. The third kappa shape index (κ3) is 5.37. The maximum absolute atomic E-state index is 11.8. The van der Waals surface area contributed by atoms with Crippen LogP contribution in [-0.2, 0) is 4.79 Å². The van der Waals surface area contributed by atoms with E-state index in [1.165, 1.54) is 6.07 Å². The Kier molecular flexibility index (Phi) is 7.45. The summed E-state index contributed by atoms with van der Waals surface area (Å²) >= 11 is 22.9. The molecule has 4 nitrogen and oxygen atoms in total. The van der Waals surface area contributed by atoms with Crippen molar-refractivity contribution in [3.63, 3.8) is 0 Å². The molecule has 0 radical (unpaired) electrons. The first-order valence-corrected chi connectivity index (χ1v) is 7.39. The summed E-state index contributed by atoms with van der Waals surface area (Å²) in [6.45, 7) is 1.57. The summed E-state index contributed by atoms with van der Waals surface area (Å²) in [5.41, 5.74) is 2.78. The number of amides is 1. The molecular weight excluding hydrogens is 346 g/mol. The molecule has 0 aliphatic carbocycles. The van der Waals surface area contributed by atoms with E-state index in [2.05, 4.69) is 10.5 Å². The molecular formula is C12H12Cl4N2O2. The van der Waals surface area contributed by atoms with Gasteiger partial charge in [0.1, 0.15) is 5.75 Å². The first-order chi connectivity index (χ1) is 9.47. The predicted molar refractivity (Wildman–Crippen MR) is 83.6 cm³/mol. The number of nitrogens with one attached hydrogen (secondary N) is 1. The van der Waals surface area contributed by atoms with Gasteiger partial charge in [-0.15, -0.1) is 23.2 Å². The van der Waals surface area contributed by atoms with Crippen LogP contribution in [0.3, 0.4) is 0 Å². The normalized spacial score (nSPS) is 11.7. The number of benzene rings is 1. The number of carbonyl (C=O) groups excluding carboxylic acids is 1. The van der Waals surface area contributed by atoms with Crippen LogP contribution in [0.1, 0.15) is 6.92 Å². The molecule has 1 N–H and O–H groups in total.